The van der Waals surface area contributed by atoms with Gasteiger partial charge in [-0.05, 0) is 31.0 Å². The molecule has 0 N–H and O–H groups in total. The van der Waals surface area contributed by atoms with Crippen LogP contribution in [0.2, 0.25) is 5.02 Å². The topological polar surface area (TPSA) is 96.7 Å². The number of nitrogens with zero attached hydrogens (tertiary/aromatic N) is 2. The summed E-state index contributed by atoms with van der Waals surface area (Å²) < 4.78 is 40.0. The number of carbonyl (C=O) groups is 1. The van der Waals surface area contributed by atoms with Crippen molar-refractivity contribution in [2.24, 2.45) is 5.41 Å². The number of carbonyl (C=O) groups excluding carboxylic acids is 1. The van der Waals surface area contributed by atoms with Crippen LogP contribution in [0.25, 0.3) is 4.72 Å². The number of halogens is 1. The van der Waals surface area contributed by atoms with Crippen molar-refractivity contribution in [3.05, 3.63) is 45.8 Å². The van der Waals surface area contributed by atoms with Crippen LogP contribution in [0.1, 0.15) is 29.6 Å². The number of ether oxygens (including phenoxy) is 2. The molecule has 0 atom stereocenters. The minimum atomic E-state index is -4.12. The predicted molar refractivity (Wildman–Crippen MR) is 98.6 cm³/mol. The van der Waals surface area contributed by atoms with Crippen molar-refractivity contribution < 1.29 is 74.1 Å². The maximum Gasteiger partial charge on any atom is 1.00 e. The van der Waals surface area contributed by atoms with E-state index in [0.717, 1.165) is 12.8 Å². The zero-order chi connectivity index (χ0) is 19.2. The zero-order valence-electron chi connectivity index (χ0n) is 15.4. The van der Waals surface area contributed by atoms with E-state index in [1.54, 1.807) is 0 Å². The number of Topliss-reactive ketones (excluding diaryl/α,β-unsaturated/α-hetero) is 1. The van der Waals surface area contributed by atoms with Crippen molar-refractivity contribution in [2.75, 3.05) is 13.7 Å². The van der Waals surface area contributed by atoms with Crippen molar-refractivity contribution in [1.82, 2.24) is 4.98 Å². The first-order chi connectivity index (χ1) is 12.8. The third-order valence-electron chi connectivity index (χ3n) is 4.77. The normalized spacial score (nSPS) is 17.0. The number of benzene rings is 1. The second kappa shape index (κ2) is 8.21. The van der Waals surface area contributed by atoms with Gasteiger partial charge in [0.15, 0.2) is 5.78 Å². The Morgan fingerprint density at radius 3 is 2.71 bits per heavy atom. The minimum absolute atomic E-state index is 0. The van der Waals surface area contributed by atoms with Crippen LogP contribution in [0.3, 0.4) is 0 Å². The van der Waals surface area contributed by atoms with E-state index in [1.165, 1.54) is 37.6 Å². The number of hydrogen-bond acceptors (Lipinski definition) is 6. The maximum atomic E-state index is 12.7. The van der Waals surface area contributed by atoms with Gasteiger partial charge < -0.3 is 14.2 Å². The van der Waals surface area contributed by atoms with Gasteiger partial charge in [0.25, 0.3) is 0 Å². The van der Waals surface area contributed by atoms with Gasteiger partial charge in [0.1, 0.15) is 15.8 Å². The molecule has 1 saturated carbocycles. The molecule has 0 amide bonds. The largest absolute Gasteiger partial charge is 1.00 e. The van der Waals surface area contributed by atoms with Crippen LogP contribution in [0.15, 0.2) is 35.4 Å². The van der Waals surface area contributed by atoms with Crippen LogP contribution in [0, 0.1) is 5.41 Å². The first kappa shape index (κ1) is 22.0. The predicted octanol–water partition coefficient (Wildman–Crippen LogP) is 0.887. The Hall–Kier alpha value is -0.684. The first-order valence-electron chi connectivity index (χ1n) is 8.30. The summed E-state index contributed by atoms with van der Waals surface area (Å²) in [6.45, 7) is 0.452. The smallest absolute Gasteiger partial charge is 0.571 e. The van der Waals surface area contributed by atoms with Crippen LogP contribution >= 0.6 is 11.6 Å². The molecule has 2 heterocycles. The quantitative estimate of drug-likeness (QED) is 0.647. The monoisotopic (exact) mass is 446 g/mol. The third-order valence-corrected chi connectivity index (χ3v) is 6.34. The minimum Gasteiger partial charge on any atom is -0.571 e. The molecule has 142 valence electrons. The molecular weight excluding hydrogens is 431 g/mol. The van der Waals surface area contributed by atoms with Crippen molar-refractivity contribution in [3.8, 4) is 11.6 Å². The van der Waals surface area contributed by atoms with E-state index in [0.29, 0.717) is 13.0 Å². The van der Waals surface area contributed by atoms with E-state index >= 15 is 0 Å². The summed E-state index contributed by atoms with van der Waals surface area (Å²) in [6, 6.07) is 5.64. The summed E-state index contributed by atoms with van der Waals surface area (Å²) >= 11 is 5.91. The van der Waals surface area contributed by atoms with Crippen molar-refractivity contribution in [3.63, 3.8) is 0 Å². The number of fused-ring (bicyclic) bond motifs is 1. The van der Waals surface area contributed by atoms with Gasteiger partial charge in [0.2, 0.25) is 5.88 Å². The van der Waals surface area contributed by atoms with Crippen molar-refractivity contribution >= 4 is 33.1 Å². The van der Waals surface area contributed by atoms with Crippen molar-refractivity contribution in [1.29, 1.82) is 0 Å². The number of rotatable bonds is 4. The molecule has 2 aliphatic rings. The van der Waals surface area contributed by atoms with Crippen LogP contribution in [0.5, 0.6) is 11.6 Å². The van der Waals surface area contributed by atoms with Crippen LogP contribution in [-0.4, -0.2) is 32.9 Å². The molecule has 0 unspecified atom stereocenters. The van der Waals surface area contributed by atoms with Crippen LogP contribution in [-0.2, 0) is 10.0 Å². The molecule has 0 radical (unpaired) electrons. The molecule has 0 bridgehead atoms. The van der Waals surface area contributed by atoms with E-state index in [1.807, 2.05) is 0 Å². The van der Waals surface area contributed by atoms with Gasteiger partial charge in [-0.15, -0.1) is 5.69 Å². The average molecular weight is 447 g/mol. The van der Waals surface area contributed by atoms with Gasteiger partial charge in [-0.25, -0.2) is 13.4 Å². The summed E-state index contributed by atoms with van der Waals surface area (Å²) in [7, 11) is -2.76. The number of sulfonamides is 1. The molecule has 1 aliphatic heterocycles. The number of pyridine rings is 1. The van der Waals surface area contributed by atoms with Crippen LogP contribution < -0.4 is 60.9 Å². The Morgan fingerprint density at radius 2 is 2.04 bits per heavy atom. The standard InChI is InChI=1S/C18H16ClN2O5S.K/c1-25-15-3-2-11(19)6-16(15)27(23,24)21-12-7-13-14(22)8-18(4-5-18)10-26-17(13)20-9-12;/h2-3,6-7,9H,4-5,8,10H2,1H3;/q-1;+1. The number of aromatic nitrogens is 1. The van der Waals surface area contributed by atoms with E-state index in [-0.39, 0.29) is 95.4 Å². The second-order valence-electron chi connectivity index (χ2n) is 6.80. The Bertz CT molecular complexity index is 1040. The molecule has 1 aliphatic carbocycles. The molecule has 1 aromatic heterocycles. The van der Waals surface area contributed by atoms with E-state index in [2.05, 4.69) is 9.71 Å². The Kier molecular flexibility index (Phi) is 6.46. The van der Waals surface area contributed by atoms with E-state index in [9.17, 15) is 13.2 Å². The summed E-state index contributed by atoms with van der Waals surface area (Å²) in [6.07, 6.45) is 3.55. The molecule has 1 spiro atoms. The first-order valence-corrected chi connectivity index (χ1v) is 10.1. The third kappa shape index (κ3) is 4.40. The van der Waals surface area contributed by atoms with Gasteiger partial charge in [-0.2, -0.15) is 0 Å². The van der Waals surface area contributed by atoms with Crippen molar-refractivity contribution in [2.45, 2.75) is 24.2 Å². The molecule has 4 rings (SSSR count). The molecule has 2 aromatic rings. The molecule has 7 nitrogen and oxygen atoms in total. The number of hydrogen-bond donors (Lipinski definition) is 0. The van der Waals surface area contributed by atoms with E-state index in [4.69, 9.17) is 21.1 Å². The molecule has 0 saturated heterocycles. The van der Waals surface area contributed by atoms with Gasteiger partial charge in [0, 0.05) is 23.1 Å². The Labute approximate surface area is 210 Å². The number of ketones is 1. The van der Waals surface area contributed by atoms with Gasteiger partial charge >= 0.3 is 51.4 Å². The van der Waals surface area contributed by atoms with Gasteiger partial charge in [-0.3, -0.25) is 4.79 Å². The van der Waals surface area contributed by atoms with Gasteiger partial charge in [-0.1, -0.05) is 17.7 Å². The summed E-state index contributed by atoms with van der Waals surface area (Å²) in [5.74, 6) is 0.240. The summed E-state index contributed by atoms with van der Waals surface area (Å²) in [4.78, 5) is 16.5. The zero-order valence-corrected chi connectivity index (χ0v) is 20.1. The second-order valence-corrected chi connectivity index (χ2v) is 8.81. The SMILES string of the molecule is COc1ccc(Cl)cc1S(=O)(=O)[N-]c1cnc2c(c1)C(=O)CC1(CC1)CO2.[K+]. The molecule has 1 fully saturated rings. The summed E-state index contributed by atoms with van der Waals surface area (Å²) in [5.41, 5.74) is 0.211. The molecule has 1 aromatic carbocycles. The average Bonchev–Trinajstić information content (AvgIpc) is 3.41. The Morgan fingerprint density at radius 1 is 1.29 bits per heavy atom. The molecule has 10 heteroatoms. The molecule has 28 heavy (non-hydrogen) atoms. The summed E-state index contributed by atoms with van der Waals surface area (Å²) in [5, 5.41) is 0.239. The van der Waals surface area contributed by atoms with Crippen LogP contribution in [0.4, 0.5) is 5.69 Å². The molecular formula is C18H16ClKN2O5S. The van der Waals surface area contributed by atoms with E-state index < -0.39 is 10.0 Å². The fourth-order valence-corrected chi connectivity index (χ4v) is 4.45. The fraction of sp³-hybridized carbons (Fsp3) is 0.333. The maximum absolute atomic E-state index is 12.7. The fourth-order valence-electron chi connectivity index (χ4n) is 3.05. The van der Waals surface area contributed by atoms with Gasteiger partial charge in [0.05, 0.1) is 24.2 Å². The number of methoxy groups -OCH3 is 1. The Balaban J connectivity index is 0.00000225.